The summed E-state index contributed by atoms with van der Waals surface area (Å²) in [5.74, 6) is -1.59. The number of amides is 2. The lowest BCUT2D eigenvalue weighted by Crippen LogP contribution is -2.60. The number of aliphatic hydroxyl groups excluding tert-OH is 5. The maximum absolute atomic E-state index is 14.7. The van der Waals surface area contributed by atoms with E-state index in [-0.39, 0.29) is 24.6 Å². The first-order valence-corrected chi connectivity index (χ1v) is 19.9. The molecule has 0 unspecified atom stereocenters. The van der Waals surface area contributed by atoms with Gasteiger partial charge in [0.2, 0.25) is 0 Å². The fourth-order valence-corrected chi connectivity index (χ4v) is 10.4. The molecule has 1 spiro atoms. The SMILES string of the molecule is C[C@H]1[C@H]([Si](C)(C)O)[C@@H](CCn2cc(CCO)nn2)O[C@]12C(=O)N(Cc1cccc(NC(=O)[C@H]3O[C@@H](O)[C@H](O)[C@@H](O)[C@@H]3O)c1)c1ccc(Cl)cc12. The van der Waals surface area contributed by atoms with E-state index in [1.54, 1.807) is 58.2 Å². The number of hydrogen-bond donors (Lipinski definition) is 7. The van der Waals surface area contributed by atoms with E-state index in [2.05, 4.69) is 15.6 Å². The first-order chi connectivity index (χ1) is 23.6. The molecule has 0 aliphatic carbocycles. The molecule has 1 aromatic heterocycles. The molecular formula is C33H42ClN5O10Si. The topological polar surface area (TPSA) is 220 Å². The second-order valence-corrected chi connectivity index (χ2v) is 18.2. The smallest absolute Gasteiger partial charge is 0.264 e. The summed E-state index contributed by atoms with van der Waals surface area (Å²) in [5, 5.41) is 60.4. The summed E-state index contributed by atoms with van der Waals surface area (Å²) in [6, 6.07) is 11.9. The fourth-order valence-electron chi connectivity index (χ4n) is 7.63. The van der Waals surface area contributed by atoms with Crippen molar-refractivity contribution in [3.8, 4) is 0 Å². The molecule has 0 radical (unpaired) electrons. The Hall–Kier alpha value is -3.29. The zero-order chi connectivity index (χ0) is 36.1. The van der Waals surface area contributed by atoms with E-state index in [1.807, 2.05) is 20.0 Å². The van der Waals surface area contributed by atoms with Crippen LogP contribution in [-0.2, 0) is 44.2 Å². The van der Waals surface area contributed by atoms with Gasteiger partial charge >= 0.3 is 0 Å². The maximum Gasteiger partial charge on any atom is 0.264 e. The van der Waals surface area contributed by atoms with Gasteiger partial charge in [0, 0.05) is 53.5 Å². The van der Waals surface area contributed by atoms with Gasteiger partial charge in [-0.05, 0) is 55.4 Å². The molecule has 2 amide bonds. The van der Waals surface area contributed by atoms with E-state index in [1.165, 1.54) is 0 Å². The maximum atomic E-state index is 14.7. The number of ether oxygens (including phenoxy) is 2. The number of anilines is 2. The Kier molecular flexibility index (Phi) is 10.2. The average molecular weight is 732 g/mol. The lowest BCUT2D eigenvalue weighted by Gasteiger charge is -2.37. The Balaban J connectivity index is 1.26. The summed E-state index contributed by atoms with van der Waals surface area (Å²) in [7, 11) is -2.93. The standard InChI is InChI=1S/C33H42ClN5O10Si/c1-17-29(50(2,3)47)24(9-11-38-16-21(10-12-40)36-37-38)49-33(17)22-14-19(34)7-8-23(22)39(32(33)46)15-18-5-4-6-20(13-18)35-30(44)28-26(42)25(41)27(43)31(45)48-28/h4-8,13-14,16-17,24-29,31,40-43,45,47H,9-12,15H2,1-3H3,(H,35,44)/t17-,24+,25-,26-,27+,28-,29-,31+,33+/m0/s1. The zero-order valence-electron chi connectivity index (χ0n) is 27.8. The Bertz CT molecular complexity index is 1740. The molecule has 4 heterocycles. The van der Waals surface area contributed by atoms with Crippen LogP contribution in [0.25, 0.3) is 0 Å². The highest BCUT2D eigenvalue weighted by Gasteiger charge is 2.66. The molecule has 17 heteroatoms. The van der Waals surface area contributed by atoms with Crippen molar-refractivity contribution in [1.82, 2.24) is 15.0 Å². The summed E-state index contributed by atoms with van der Waals surface area (Å²) in [6.45, 7) is 6.08. The number of carbonyl (C=O) groups is 2. The molecule has 2 saturated heterocycles. The first-order valence-electron chi connectivity index (χ1n) is 16.4. The van der Waals surface area contributed by atoms with Gasteiger partial charge in [0.05, 0.1) is 24.0 Å². The number of aryl methyl sites for hydroxylation is 1. The molecule has 3 aliphatic rings. The van der Waals surface area contributed by atoms with Crippen LogP contribution in [0.15, 0.2) is 48.7 Å². The number of aliphatic hydroxyl groups is 5. The fraction of sp³-hybridized carbons (Fsp3) is 0.515. The minimum absolute atomic E-state index is 0.0439. The molecule has 3 aliphatic heterocycles. The van der Waals surface area contributed by atoms with Gasteiger partial charge < -0.3 is 50.0 Å². The number of nitrogens with one attached hydrogen (secondary N) is 1. The largest absolute Gasteiger partial charge is 0.432 e. The summed E-state index contributed by atoms with van der Waals surface area (Å²) >= 11 is 6.51. The van der Waals surface area contributed by atoms with Crippen LogP contribution in [0.2, 0.25) is 23.7 Å². The quantitative estimate of drug-likeness (QED) is 0.143. The molecule has 0 bridgehead atoms. The number of benzene rings is 2. The predicted molar refractivity (Wildman–Crippen MR) is 181 cm³/mol. The van der Waals surface area contributed by atoms with Gasteiger partial charge in [0.15, 0.2) is 26.3 Å². The lowest BCUT2D eigenvalue weighted by atomic mass is 9.82. The second kappa shape index (κ2) is 14.0. The van der Waals surface area contributed by atoms with Crippen molar-refractivity contribution in [3.63, 3.8) is 0 Å². The molecule has 270 valence electrons. The van der Waals surface area contributed by atoms with E-state index in [9.17, 15) is 39.9 Å². The summed E-state index contributed by atoms with van der Waals surface area (Å²) in [5.41, 5.74) is 1.03. The van der Waals surface area contributed by atoms with Gasteiger partial charge in [0.1, 0.15) is 18.3 Å². The molecule has 2 aromatic carbocycles. The van der Waals surface area contributed by atoms with Gasteiger partial charge in [-0.1, -0.05) is 35.9 Å². The monoisotopic (exact) mass is 731 g/mol. The summed E-state index contributed by atoms with van der Waals surface area (Å²) in [6.07, 6.45) is -6.79. The molecule has 3 aromatic rings. The van der Waals surface area contributed by atoms with Crippen LogP contribution in [-0.4, -0.2) is 109 Å². The Morgan fingerprint density at radius 1 is 1.10 bits per heavy atom. The number of aromatic nitrogens is 3. The number of halogens is 1. The Morgan fingerprint density at radius 2 is 1.86 bits per heavy atom. The highest BCUT2D eigenvalue weighted by molar-refractivity contribution is 6.71. The van der Waals surface area contributed by atoms with Crippen molar-refractivity contribution in [2.45, 2.75) is 93.9 Å². The van der Waals surface area contributed by atoms with E-state index in [0.29, 0.717) is 52.6 Å². The van der Waals surface area contributed by atoms with Crippen molar-refractivity contribution < 1.29 is 49.4 Å². The third-order valence-electron chi connectivity index (χ3n) is 9.92. The van der Waals surface area contributed by atoms with Gasteiger partial charge in [-0.2, -0.15) is 0 Å². The van der Waals surface area contributed by atoms with Crippen LogP contribution < -0.4 is 10.2 Å². The van der Waals surface area contributed by atoms with E-state index >= 15 is 0 Å². The van der Waals surface area contributed by atoms with Crippen molar-refractivity contribution in [2.24, 2.45) is 5.92 Å². The highest BCUT2D eigenvalue weighted by atomic mass is 35.5. The van der Waals surface area contributed by atoms with Gasteiger partial charge in [-0.25, -0.2) is 0 Å². The highest BCUT2D eigenvalue weighted by Crippen LogP contribution is 2.60. The van der Waals surface area contributed by atoms with Crippen LogP contribution in [0.1, 0.15) is 30.2 Å². The van der Waals surface area contributed by atoms with Gasteiger partial charge in [0.25, 0.3) is 11.8 Å². The molecular weight excluding hydrogens is 690 g/mol. The first kappa shape index (κ1) is 36.5. The lowest BCUT2D eigenvalue weighted by molar-refractivity contribution is -0.274. The van der Waals surface area contributed by atoms with Crippen molar-refractivity contribution in [2.75, 3.05) is 16.8 Å². The number of carbonyl (C=O) groups excluding carboxylic acids is 2. The van der Waals surface area contributed by atoms with E-state index < -0.39 is 62.6 Å². The van der Waals surface area contributed by atoms with Gasteiger partial charge in [-0.15, -0.1) is 5.10 Å². The number of fused-ring (bicyclic) bond motifs is 2. The average Bonchev–Trinajstić information content (AvgIpc) is 3.70. The van der Waals surface area contributed by atoms with E-state index in [4.69, 9.17) is 21.1 Å². The van der Waals surface area contributed by atoms with Crippen molar-refractivity contribution >= 4 is 43.1 Å². The van der Waals surface area contributed by atoms with Crippen LogP contribution in [0.4, 0.5) is 11.4 Å². The molecule has 9 atom stereocenters. The summed E-state index contributed by atoms with van der Waals surface area (Å²) < 4.78 is 13.6. The molecule has 2 fully saturated rings. The predicted octanol–water partition coefficient (Wildman–Crippen LogP) is 0.640. The van der Waals surface area contributed by atoms with Crippen LogP contribution in [0.5, 0.6) is 0 Å². The molecule has 50 heavy (non-hydrogen) atoms. The third kappa shape index (κ3) is 6.61. The molecule has 0 saturated carbocycles. The Morgan fingerprint density at radius 3 is 2.58 bits per heavy atom. The normalized spacial score (nSPS) is 31.0. The van der Waals surface area contributed by atoms with Gasteiger partial charge in [-0.3, -0.25) is 14.3 Å². The van der Waals surface area contributed by atoms with Crippen LogP contribution >= 0.6 is 11.6 Å². The van der Waals surface area contributed by atoms with Crippen molar-refractivity contribution in [1.29, 1.82) is 0 Å². The molecule has 15 nitrogen and oxygen atoms in total. The minimum Gasteiger partial charge on any atom is -0.432 e. The third-order valence-corrected chi connectivity index (χ3v) is 12.7. The Labute approximate surface area is 294 Å². The van der Waals surface area contributed by atoms with Crippen LogP contribution in [0, 0.1) is 5.92 Å². The number of hydrogen-bond acceptors (Lipinski definition) is 12. The zero-order valence-corrected chi connectivity index (χ0v) is 29.5. The number of rotatable bonds is 10. The molecule has 6 rings (SSSR count). The van der Waals surface area contributed by atoms with Crippen LogP contribution in [0.3, 0.4) is 0 Å². The second-order valence-electron chi connectivity index (χ2n) is 13.8. The van der Waals surface area contributed by atoms with Crippen molar-refractivity contribution in [3.05, 3.63) is 70.5 Å². The number of nitrogens with zero attached hydrogens (tertiary/aromatic N) is 4. The summed E-state index contributed by atoms with van der Waals surface area (Å²) in [4.78, 5) is 40.9. The van der Waals surface area contributed by atoms with E-state index in [0.717, 1.165) is 0 Å². The molecule has 7 N–H and O–H groups in total. The minimum atomic E-state index is -2.93.